The number of hydrogen-bond donors (Lipinski definition) is 0. The molecule has 0 atom stereocenters. The lowest BCUT2D eigenvalue weighted by molar-refractivity contribution is 0.0850. The molecule has 0 aliphatic carbocycles. The van der Waals surface area contributed by atoms with E-state index in [2.05, 4.69) is 15.0 Å². The Morgan fingerprint density at radius 3 is 2.74 bits per heavy atom. The Kier molecular flexibility index (Phi) is 7.40. The quantitative estimate of drug-likeness (QED) is 0.453. The van der Waals surface area contributed by atoms with E-state index in [1.807, 2.05) is 42.5 Å². The molecule has 0 amide bonds. The van der Waals surface area contributed by atoms with Gasteiger partial charge >= 0.3 is 0 Å². The topological polar surface area (TPSA) is 69.9 Å². The number of benzene rings is 2. The van der Waals surface area contributed by atoms with Crippen molar-refractivity contribution in [3.63, 3.8) is 0 Å². The van der Waals surface area contributed by atoms with E-state index in [4.69, 9.17) is 30.3 Å². The van der Waals surface area contributed by atoms with Gasteiger partial charge < -0.3 is 18.7 Å². The molecule has 31 heavy (non-hydrogen) atoms. The Labute approximate surface area is 186 Å². The zero-order valence-corrected chi connectivity index (χ0v) is 18.3. The maximum atomic E-state index is 5.99. The smallest absolute Gasteiger partial charge is 0.252 e. The summed E-state index contributed by atoms with van der Waals surface area (Å²) in [7, 11) is 1.62. The van der Waals surface area contributed by atoms with Crippen molar-refractivity contribution in [2.45, 2.75) is 26.1 Å². The van der Waals surface area contributed by atoms with Crippen molar-refractivity contribution in [3.8, 4) is 22.9 Å². The van der Waals surface area contributed by atoms with Gasteiger partial charge in [-0.15, -0.1) is 0 Å². The molecule has 2 aromatic carbocycles. The van der Waals surface area contributed by atoms with Gasteiger partial charge in [-0.3, -0.25) is 4.90 Å². The minimum atomic E-state index is 0.217. The number of halogens is 1. The number of likely N-dealkylation sites (tertiary alicyclic amines) is 1. The summed E-state index contributed by atoms with van der Waals surface area (Å²) in [6.45, 7) is 4.50. The first-order valence-corrected chi connectivity index (χ1v) is 10.8. The van der Waals surface area contributed by atoms with Crippen molar-refractivity contribution in [1.82, 2.24) is 15.0 Å². The Morgan fingerprint density at radius 1 is 1.06 bits per heavy atom. The van der Waals surface area contributed by atoms with E-state index in [1.54, 1.807) is 7.11 Å². The monoisotopic (exact) mass is 443 g/mol. The summed E-state index contributed by atoms with van der Waals surface area (Å²) in [6.07, 6.45) is 2.55. The predicted molar refractivity (Wildman–Crippen MR) is 117 cm³/mol. The molecular formula is C23H26ClN3O4. The zero-order valence-electron chi connectivity index (χ0n) is 17.6. The number of ether oxygens (including phenoxy) is 3. The molecule has 1 fully saturated rings. The Morgan fingerprint density at radius 2 is 1.94 bits per heavy atom. The van der Waals surface area contributed by atoms with E-state index >= 15 is 0 Å². The number of methoxy groups -OCH3 is 1. The molecule has 7 nitrogen and oxygen atoms in total. The molecule has 8 heteroatoms. The molecule has 4 rings (SSSR count). The highest BCUT2D eigenvalue weighted by atomic mass is 35.5. The Balaban J connectivity index is 1.32. The summed E-state index contributed by atoms with van der Waals surface area (Å²) >= 11 is 5.99. The Bertz CT molecular complexity index is 988. The Hall–Kier alpha value is -2.61. The summed E-state index contributed by atoms with van der Waals surface area (Å²) in [4.78, 5) is 6.83. The van der Waals surface area contributed by atoms with Crippen LogP contribution in [0.25, 0.3) is 11.4 Å². The van der Waals surface area contributed by atoms with Gasteiger partial charge in [0.15, 0.2) is 11.5 Å². The fourth-order valence-corrected chi connectivity index (χ4v) is 3.74. The minimum absolute atomic E-state index is 0.217. The third-order valence-electron chi connectivity index (χ3n) is 5.14. The van der Waals surface area contributed by atoms with Crippen LogP contribution in [0.5, 0.6) is 11.5 Å². The summed E-state index contributed by atoms with van der Waals surface area (Å²) in [6, 6.07) is 13.2. The van der Waals surface area contributed by atoms with E-state index in [1.165, 1.54) is 12.8 Å². The van der Waals surface area contributed by atoms with Crippen molar-refractivity contribution in [2.75, 3.05) is 33.4 Å². The van der Waals surface area contributed by atoms with Crippen molar-refractivity contribution in [2.24, 2.45) is 0 Å². The molecule has 1 aromatic heterocycles. The molecule has 0 bridgehead atoms. The second-order valence-electron chi connectivity index (χ2n) is 7.40. The van der Waals surface area contributed by atoms with Gasteiger partial charge in [0.1, 0.15) is 13.2 Å². The first kappa shape index (κ1) is 21.6. The largest absolute Gasteiger partial charge is 0.493 e. The average Bonchev–Trinajstić information content (AvgIpc) is 3.46. The van der Waals surface area contributed by atoms with Crippen LogP contribution in [0.2, 0.25) is 5.02 Å². The third kappa shape index (κ3) is 5.97. The van der Waals surface area contributed by atoms with E-state index in [-0.39, 0.29) is 6.61 Å². The fourth-order valence-electron chi connectivity index (χ4n) is 3.53. The van der Waals surface area contributed by atoms with Crippen LogP contribution in [0.1, 0.15) is 24.3 Å². The second kappa shape index (κ2) is 10.6. The predicted octanol–water partition coefficient (Wildman–Crippen LogP) is 4.59. The van der Waals surface area contributed by atoms with Crippen molar-refractivity contribution in [1.29, 1.82) is 0 Å². The van der Waals surface area contributed by atoms with E-state index in [0.29, 0.717) is 41.5 Å². The molecule has 3 aromatic rings. The molecular weight excluding hydrogens is 418 g/mol. The summed E-state index contributed by atoms with van der Waals surface area (Å²) in [5, 5.41) is 4.73. The van der Waals surface area contributed by atoms with Crippen LogP contribution in [-0.4, -0.2) is 48.4 Å². The number of nitrogens with zero attached hydrogens (tertiary/aromatic N) is 3. The van der Waals surface area contributed by atoms with Crippen LogP contribution >= 0.6 is 11.6 Å². The maximum absolute atomic E-state index is 5.99. The first-order valence-electron chi connectivity index (χ1n) is 10.4. The SMILES string of the molecule is COc1cc(-c2noc(COCc3cccc(Cl)c3)n2)ccc1OCCN1CCCC1. The van der Waals surface area contributed by atoms with Crippen molar-refractivity contribution < 1.29 is 18.7 Å². The fraction of sp³-hybridized carbons (Fsp3) is 0.391. The van der Waals surface area contributed by atoms with Crippen LogP contribution in [0.3, 0.4) is 0 Å². The third-order valence-corrected chi connectivity index (χ3v) is 5.37. The van der Waals surface area contributed by atoms with Crippen LogP contribution in [0, 0.1) is 0 Å². The van der Waals surface area contributed by atoms with Crippen molar-refractivity contribution >= 4 is 11.6 Å². The standard InChI is InChI=1S/C23H26ClN3O4/c1-28-21-14-18(7-8-20(21)30-12-11-27-9-2-3-10-27)23-25-22(31-26-23)16-29-15-17-5-4-6-19(24)13-17/h4-8,13-14H,2-3,9-12,15-16H2,1H3. The molecule has 0 radical (unpaired) electrons. The van der Waals surface area contributed by atoms with Crippen LogP contribution in [0.4, 0.5) is 0 Å². The molecule has 2 heterocycles. The molecule has 0 unspecified atom stereocenters. The number of aromatic nitrogens is 2. The van der Waals surface area contributed by atoms with E-state index in [9.17, 15) is 0 Å². The molecule has 1 aliphatic heterocycles. The van der Waals surface area contributed by atoms with Gasteiger partial charge in [0.25, 0.3) is 5.89 Å². The van der Waals surface area contributed by atoms with Gasteiger partial charge in [-0.25, -0.2) is 0 Å². The van der Waals surface area contributed by atoms with Gasteiger partial charge in [-0.05, 0) is 61.8 Å². The highest BCUT2D eigenvalue weighted by molar-refractivity contribution is 6.30. The van der Waals surface area contributed by atoms with Gasteiger partial charge in [-0.1, -0.05) is 28.9 Å². The van der Waals surface area contributed by atoms with Gasteiger partial charge in [0, 0.05) is 17.1 Å². The summed E-state index contributed by atoms with van der Waals surface area (Å²) in [5.41, 5.74) is 1.77. The minimum Gasteiger partial charge on any atom is -0.493 e. The normalized spacial score (nSPS) is 14.1. The lowest BCUT2D eigenvalue weighted by Gasteiger charge is -2.16. The summed E-state index contributed by atoms with van der Waals surface area (Å²) < 4.78 is 22.4. The van der Waals surface area contributed by atoms with E-state index < -0.39 is 0 Å². The molecule has 0 N–H and O–H groups in total. The van der Waals surface area contributed by atoms with Crippen LogP contribution in [0.15, 0.2) is 47.0 Å². The highest BCUT2D eigenvalue weighted by Gasteiger charge is 2.14. The van der Waals surface area contributed by atoms with Gasteiger partial charge in [0.2, 0.25) is 5.82 Å². The molecule has 0 spiro atoms. The number of rotatable bonds is 10. The average molecular weight is 444 g/mol. The van der Waals surface area contributed by atoms with Gasteiger partial charge in [0.05, 0.1) is 13.7 Å². The maximum Gasteiger partial charge on any atom is 0.252 e. The first-order chi connectivity index (χ1) is 15.2. The summed E-state index contributed by atoms with van der Waals surface area (Å²) in [5.74, 6) is 2.23. The number of hydrogen-bond acceptors (Lipinski definition) is 7. The van der Waals surface area contributed by atoms with Crippen molar-refractivity contribution in [3.05, 3.63) is 58.9 Å². The second-order valence-corrected chi connectivity index (χ2v) is 7.83. The molecule has 1 aliphatic rings. The lowest BCUT2D eigenvalue weighted by atomic mass is 10.2. The highest BCUT2D eigenvalue weighted by Crippen LogP contribution is 2.31. The molecule has 164 valence electrons. The molecule has 0 saturated carbocycles. The zero-order chi connectivity index (χ0) is 21.5. The van der Waals surface area contributed by atoms with Crippen LogP contribution in [-0.2, 0) is 18.0 Å². The van der Waals surface area contributed by atoms with Crippen LogP contribution < -0.4 is 9.47 Å². The van der Waals surface area contributed by atoms with Gasteiger partial charge in [-0.2, -0.15) is 4.98 Å². The molecule has 1 saturated heterocycles. The van der Waals surface area contributed by atoms with E-state index in [0.717, 1.165) is 30.8 Å². The lowest BCUT2D eigenvalue weighted by Crippen LogP contribution is -2.25.